The molecule has 2 atom stereocenters. The minimum Gasteiger partial charge on any atom is -0.488 e. The summed E-state index contributed by atoms with van der Waals surface area (Å²) in [6.07, 6.45) is -1.62. The molecule has 0 spiro atoms. The Morgan fingerprint density at radius 2 is 1.76 bits per heavy atom. The van der Waals surface area contributed by atoms with Crippen LogP contribution >= 0.6 is 0 Å². The molecule has 4 N–H and O–H groups in total. The van der Waals surface area contributed by atoms with Gasteiger partial charge in [0.15, 0.2) is 0 Å². The monoisotopic (exact) mass is 289 g/mol. The Balaban J connectivity index is 2.24. The zero-order valence-electron chi connectivity index (χ0n) is 11.1. The van der Waals surface area contributed by atoms with Gasteiger partial charge in [-0.05, 0) is 22.9 Å². The highest BCUT2D eigenvalue weighted by Gasteiger charge is 2.28. The molecular formula is C15H15NO5. The summed E-state index contributed by atoms with van der Waals surface area (Å²) in [6.45, 7) is 0. The second-order valence-corrected chi connectivity index (χ2v) is 4.63. The maximum atomic E-state index is 10.9. The lowest BCUT2D eigenvalue weighted by Gasteiger charge is -2.21. The SMILES string of the molecule is NC(C(=O)O)C(CC(=O)O)Oc1ccc2ccccc2c1. The van der Waals surface area contributed by atoms with E-state index in [1.54, 1.807) is 12.1 Å². The molecule has 0 aromatic heterocycles. The number of carboxylic acid groups (broad SMARTS) is 2. The van der Waals surface area contributed by atoms with Crippen LogP contribution in [-0.4, -0.2) is 34.3 Å². The van der Waals surface area contributed by atoms with E-state index >= 15 is 0 Å². The van der Waals surface area contributed by atoms with Gasteiger partial charge in [0.2, 0.25) is 0 Å². The quantitative estimate of drug-likeness (QED) is 0.743. The maximum Gasteiger partial charge on any atom is 0.324 e. The van der Waals surface area contributed by atoms with Crippen LogP contribution in [-0.2, 0) is 9.59 Å². The lowest BCUT2D eigenvalue weighted by atomic mass is 10.1. The molecule has 6 heteroatoms. The molecule has 0 aliphatic rings. The first-order chi connectivity index (χ1) is 9.97. The fourth-order valence-electron chi connectivity index (χ4n) is 1.99. The van der Waals surface area contributed by atoms with Crippen molar-refractivity contribution < 1.29 is 24.5 Å². The molecule has 6 nitrogen and oxygen atoms in total. The van der Waals surface area contributed by atoms with Crippen molar-refractivity contribution in [2.24, 2.45) is 5.73 Å². The van der Waals surface area contributed by atoms with Crippen molar-refractivity contribution in [3.63, 3.8) is 0 Å². The lowest BCUT2D eigenvalue weighted by molar-refractivity contribution is -0.143. The van der Waals surface area contributed by atoms with Crippen molar-refractivity contribution >= 4 is 22.7 Å². The third-order valence-electron chi connectivity index (χ3n) is 3.07. The van der Waals surface area contributed by atoms with Crippen LogP contribution < -0.4 is 10.5 Å². The largest absolute Gasteiger partial charge is 0.488 e. The van der Waals surface area contributed by atoms with E-state index in [0.29, 0.717) is 5.75 Å². The number of nitrogens with two attached hydrogens (primary N) is 1. The second kappa shape index (κ2) is 6.23. The zero-order valence-corrected chi connectivity index (χ0v) is 11.1. The highest BCUT2D eigenvalue weighted by molar-refractivity contribution is 5.83. The van der Waals surface area contributed by atoms with Crippen molar-refractivity contribution in [1.29, 1.82) is 0 Å². The van der Waals surface area contributed by atoms with Crippen LogP contribution in [0.25, 0.3) is 10.8 Å². The van der Waals surface area contributed by atoms with Crippen molar-refractivity contribution in [3.05, 3.63) is 42.5 Å². The fraction of sp³-hybridized carbons (Fsp3) is 0.200. The number of carbonyl (C=O) groups is 2. The Hall–Kier alpha value is -2.60. The third kappa shape index (κ3) is 3.70. The Morgan fingerprint density at radius 1 is 1.10 bits per heavy atom. The van der Waals surface area contributed by atoms with Crippen LogP contribution in [0.2, 0.25) is 0 Å². The van der Waals surface area contributed by atoms with Gasteiger partial charge in [0, 0.05) is 0 Å². The van der Waals surface area contributed by atoms with Crippen LogP contribution in [0.5, 0.6) is 5.75 Å². The minimum absolute atomic E-state index is 0.386. The molecule has 2 unspecified atom stereocenters. The molecule has 2 rings (SSSR count). The third-order valence-corrected chi connectivity index (χ3v) is 3.07. The van der Waals surface area contributed by atoms with Crippen LogP contribution in [0.1, 0.15) is 6.42 Å². The molecule has 21 heavy (non-hydrogen) atoms. The summed E-state index contributed by atoms with van der Waals surface area (Å²) < 4.78 is 5.47. The van der Waals surface area contributed by atoms with Crippen LogP contribution in [0.3, 0.4) is 0 Å². The van der Waals surface area contributed by atoms with Crippen molar-refractivity contribution in [2.45, 2.75) is 18.6 Å². The molecule has 0 heterocycles. The Bertz CT molecular complexity index is 670. The number of hydrogen-bond donors (Lipinski definition) is 3. The Labute approximate surface area is 120 Å². The van der Waals surface area contributed by atoms with E-state index in [1.807, 2.05) is 30.3 Å². The molecule has 0 saturated carbocycles. The molecule has 0 fully saturated rings. The highest BCUT2D eigenvalue weighted by atomic mass is 16.5. The van der Waals surface area contributed by atoms with E-state index in [4.69, 9.17) is 20.7 Å². The van der Waals surface area contributed by atoms with Gasteiger partial charge in [-0.25, -0.2) is 0 Å². The summed E-state index contributed by atoms with van der Waals surface area (Å²) in [6, 6.07) is 11.4. The summed E-state index contributed by atoms with van der Waals surface area (Å²) in [5, 5.41) is 19.7. The summed E-state index contributed by atoms with van der Waals surface area (Å²) in [4.78, 5) is 21.7. The Kier molecular flexibility index (Phi) is 4.39. The minimum atomic E-state index is -1.41. The molecule has 110 valence electrons. The molecule has 0 saturated heterocycles. The topological polar surface area (TPSA) is 110 Å². The number of ether oxygens (including phenoxy) is 1. The van der Waals surface area contributed by atoms with Crippen LogP contribution in [0, 0.1) is 0 Å². The number of rotatable bonds is 6. The van der Waals surface area contributed by atoms with E-state index in [1.165, 1.54) is 0 Å². The second-order valence-electron chi connectivity index (χ2n) is 4.63. The van der Waals surface area contributed by atoms with E-state index in [2.05, 4.69) is 0 Å². The first-order valence-corrected chi connectivity index (χ1v) is 6.33. The van der Waals surface area contributed by atoms with Crippen molar-refractivity contribution in [1.82, 2.24) is 0 Å². The van der Waals surface area contributed by atoms with Gasteiger partial charge in [-0.2, -0.15) is 0 Å². The summed E-state index contributed by atoms with van der Waals surface area (Å²) >= 11 is 0. The summed E-state index contributed by atoms with van der Waals surface area (Å²) in [7, 11) is 0. The predicted molar refractivity (Wildman–Crippen MR) is 76.2 cm³/mol. The molecular weight excluding hydrogens is 274 g/mol. The van der Waals surface area contributed by atoms with Gasteiger partial charge in [0.25, 0.3) is 0 Å². The molecule has 0 aliphatic heterocycles. The lowest BCUT2D eigenvalue weighted by Crippen LogP contribution is -2.46. The van der Waals surface area contributed by atoms with Gasteiger partial charge >= 0.3 is 11.9 Å². The van der Waals surface area contributed by atoms with E-state index in [9.17, 15) is 9.59 Å². The molecule has 0 amide bonds. The van der Waals surface area contributed by atoms with Gasteiger partial charge in [-0.1, -0.05) is 30.3 Å². The first-order valence-electron chi connectivity index (χ1n) is 6.33. The zero-order chi connectivity index (χ0) is 15.4. The van der Waals surface area contributed by atoms with Crippen LogP contribution in [0.15, 0.2) is 42.5 Å². The first kappa shape index (κ1) is 14.8. The van der Waals surface area contributed by atoms with E-state index in [-0.39, 0.29) is 0 Å². The normalized spacial score (nSPS) is 13.6. The number of hydrogen-bond acceptors (Lipinski definition) is 4. The summed E-state index contributed by atoms with van der Waals surface area (Å²) in [5.41, 5.74) is 5.48. The van der Waals surface area contributed by atoms with Gasteiger partial charge in [0.05, 0.1) is 6.42 Å². The molecule has 2 aromatic rings. The van der Waals surface area contributed by atoms with Gasteiger partial charge in [-0.15, -0.1) is 0 Å². The maximum absolute atomic E-state index is 10.9. The van der Waals surface area contributed by atoms with Gasteiger partial charge < -0.3 is 20.7 Å². The smallest absolute Gasteiger partial charge is 0.324 e. The molecule has 2 aromatic carbocycles. The van der Waals surface area contributed by atoms with Gasteiger partial charge in [-0.3, -0.25) is 9.59 Å². The molecule has 0 radical (unpaired) electrons. The number of fused-ring (bicyclic) bond motifs is 1. The predicted octanol–water partition coefficient (Wildman–Crippen LogP) is 1.47. The van der Waals surface area contributed by atoms with Crippen molar-refractivity contribution in [2.75, 3.05) is 0 Å². The average Bonchev–Trinajstić information content (AvgIpc) is 2.45. The van der Waals surface area contributed by atoms with Gasteiger partial charge in [0.1, 0.15) is 17.9 Å². The number of carboxylic acids is 2. The van der Waals surface area contributed by atoms with Crippen LogP contribution in [0.4, 0.5) is 0 Å². The standard InChI is InChI=1S/C15H15NO5/c16-14(15(19)20)12(8-13(17)18)21-11-6-5-9-3-1-2-4-10(9)7-11/h1-7,12,14H,8,16H2,(H,17,18)(H,19,20). The van der Waals surface area contributed by atoms with E-state index < -0.39 is 30.5 Å². The average molecular weight is 289 g/mol. The fourth-order valence-corrected chi connectivity index (χ4v) is 1.99. The summed E-state index contributed by atoms with van der Waals surface area (Å²) in [5.74, 6) is -2.09. The highest BCUT2D eigenvalue weighted by Crippen LogP contribution is 2.22. The van der Waals surface area contributed by atoms with Crippen molar-refractivity contribution in [3.8, 4) is 5.75 Å². The number of benzene rings is 2. The van der Waals surface area contributed by atoms with E-state index in [0.717, 1.165) is 10.8 Å². The molecule has 0 bridgehead atoms. The molecule has 0 aliphatic carbocycles. The number of aliphatic carboxylic acids is 2. The Morgan fingerprint density at radius 3 is 2.38 bits per heavy atom.